The van der Waals surface area contributed by atoms with E-state index in [1.54, 1.807) is 0 Å². The number of hydrogen-bond acceptors (Lipinski definition) is 2. The van der Waals surface area contributed by atoms with Crippen LogP contribution in [0.4, 0.5) is 0 Å². The van der Waals surface area contributed by atoms with Gasteiger partial charge in [-0.3, -0.25) is 0 Å². The van der Waals surface area contributed by atoms with Gasteiger partial charge in [0.1, 0.15) is 5.82 Å². The van der Waals surface area contributed by atoms with Gasteiger partial charge < -0.3 is 10.1 Å². The fraction of sp³-hybridized carbons (Fsp3) is 0.350. The number of benzene rings is 2. The Labute approximate surface area is 136 Å². The number of aliphatic hydroxyl groups excluding tert-OH is 1. The van der Waals surface area contributed by atoms with Crippen molar-refractivity contribution in [2.24, 2.45) is 0 Å². The summed E-state index contributed by atoms with van der Waals surface area (Å²) in [5.74, 6) is 1.03. The topological polar surface area (TPSA) is 48.9 Å². The Hall–Kier alpha value is -2.13. The normalized spacial score (nSPS) is 13.7. The van der Waals surface area contributed by atoms with Crippen LogP contribution >= 0.6 is 0 Å². The number of rotatable bonds is 4. The van der Waals surface area contributed by atoms with E-state index in [4.69, 9.17) is 10.1 Å². The summed E-state index contributed by atoms with van der Waals surface area (Å²) in [4.78, 5) is 8.26. The van der Waals surface area contributed by atoms with Crippen molar-refractivity contribution in [2.45, 2.75) is 39.0 Å². The lowest BCUT2D eigenvalue weighted by Gasteiger charge is -2.06. The first-order valence-electron chi connectivity index (χ1n) is 8.42. The van der Waals surface area contributed by atoms with Crippen LogP contribution in [0.3, 0.4) is 0 Å². The van der Waals surface area contributed by atoms with Crippen LogP contribution in [0, 0.1) is 6.92 Å². The Balaban J connectivity index is 1.61. The lowest BCUT2D eigenvalue weighted by molar-refractivity contribution is 0.299. The quantitative estimate of drug-likeness (QED) is 0.775. The molecule has 0 spiro atoms. The van der Waals surface area contributed by atoms with Gasteiger partial charge in [-0.2, -0.15) is 0 Å². The van der Waals surface area contributed by atoms with E-state index in [1.807, 2.05) is 0 Å². The molecule has 3 heteroatoms. The third-order valence-electron chi connectivity index (χ3n) is 4.90. The van der Waals surface area contributed by atoms with Crippen molar-refractivity contribution in [3.63, 3.8) is 0 Å². The number of aryl methyl sites for hydroxylation is 3. The molecular weight excluding hydrogens is 284 g/mol. The monoisotopic (exact) mass is 306 g/mol. The summed E-state index contributed by atoms with van der Waals surface area (Å²) in [7, 11) is 0. The van der Waals surface area contributed by atoms with Crippen molar-refractivity contribution < 1.29 is 5.11 Å². The Morgan fingerprint density at radius 1 is 1.13 bits per heavy atom. The molecule has 0 unspecified atom stereocenters. The van der Waals surface area contributed by atoms with E-state index in [0.29, 0.717) is 0 Å². The number of nitrogens with zero attached hydrogens (tertiary/aromatic N) is 1. The highest BCUT2D eigenvalue weighted by Gasteiger charge is 2.14. The van der Waals surface area contributed by atoms with Crippen LogP contribution in [0.15, 0.2) is 30.3 Å². The maximum atomic E-state index is 9.08. The largest absolute Gasteiger partial charge is 0.396 e. The van der Waals surface area contributed by atoms with Gasteiger partial charge in [0.25, 0.3) is 0 Å². The van der Waals surface area contributed by atoms with Crippen molar-refractivity contribution in [1.82, 2.24) is 9.97 Å². The summed E-state index contributed by atoms with van der Waals surface area (Å²) < 4.78 is 0. The molecule has 4 rings (SSSR count). The number of hydrogen-bond donors (Lipinski definition) is 2. The number of fused-ring (bicyclic) bond motifs is 2. The third-order valence-corrected chi connectivity index (χ3v) is 4.90. The zero-order valence-corrected chi connectivity index (χ0v) is 13.5. The van der Waals surface area contributed by atoms with E-state index in [0.717, 1.165) is 29.7 Å². The smallest absolute Gasteiger partial charge is 0.111 e. The number of H-pyrrole nitrogens is 1. The predicted octanol–water partition coefficient (Wildman–Crippen LogP) is 3.49. The highest BCUT2D eigenvalue weighted by atomic mass is 16.2. The fourth-order valence-electron chi connectivity index (χ4n) is 3.68. The van der Waals surface area contributed by atoms with Gasteiger partial charge in [-0.25, -0.2) is 4.98 Å². The molecule has 0 saturated heterocycles. The SMILES string of the molecule is Cc1cc(Cc2nc3cc4c(cc3[nH]2)CCC4)ccc1CCO. The van der Waals surface area contributed by atoms with Crippen LogP contribution in [0.2, 0.25) is 0 Å². The predicted molar refractivity (Wildman–Crippen MR) is 92.9 cm³/mol. The zero-order valence-electron chi connectivity index (χ0n) is 13.5. The van der Waals surface area contributed by atoms with Crippen LogP contribution in [-0.2, 0) is 25.7 Å². The minimum absolute atomic E-state index is 0.203. The van der Waals surface area contributed by atoms with E-state index >= 15 is 0 Å². The van der Waals surface area contributed by atoms with Crippen molar-refractivity contribution in [2.75, 3.05) is 6.61 Å². The molecular formula is C20H22N2O. The molecule has 1 heterocycles. The molecule has 0 radical (unpaired) electrons. The maximum Gasteiger partial charge on any atom is 0.111 e. The van der Waals surface area contributed by atoms with E-state index in [1.165, 1.54) is 47.1 Å². The lowest BCUT2D eigenvalue weighted by atomic mass is 10.0. The van der Waals surface area contributed by atoms with E-state index in [-0.39, 0.29) is 6.61 Å². The summed E-state index contributed by atoms with van der Waals surface area (Å²) >= 11 is 0. The average molecular weight is 306 g/mol. The van der Waals surface area contributed by atoms with Crippen molar-refractivity contribution >= 4 is 11.0 Å². The number of aromatic nitrogens is 2. The van der Waals surface area contributed by atoms with Gasteiger partial charge in [0.15, 0.2) is 0 Å². The van der Waals surface area contributed by atoms with Crippen LogP contribution < -0.4 is 0 Å². The van der Waals surface area contributed by atoms with E-state index in [9.17, 15) is 0 Å². The molecule has 1 aliphatic carbocycles. The Kier molecular flexibility index (Phi) is 3.66. The second kappa shape index (κ2) is 5.82. The van der Waals surface area contributed by atoms with Gasteiger partial charge in [0.05, 0.1) is 11.0 Å². The van der Waals surface area contributed by atoms with Crippen LogP contribution in [0.1, 0.15) is 40.1 Å². The molecule has 0 fully saturated rings. The molecule has 1 aliphatic rings. The first kappa shape index (κ1) is 14.5. The maximum absolute atomic E-state index is 9.08. The zero-order chi connectivity index (χ0) is 15.8. The first-order valence-corrected chi connectivity index (χ1v) is 8.42. The molecule has 118 valence electrons. The van der Waals surface area contributed by atoms with Crippen LogP contribution in [0.5, 0.6) is 0 Å². The van der Waals surface area contributed by atoms with Gasteiger partial charge in [-0.15, -0.1) is 0 Å². The molecule has 0 bridgehead atoms. The molecule has 0 saturated carbocycles. The Morgan fingerprint density at radius 2 is 1.96 bits per heavy atom. The van der Waals surface area contributed by atoms with Gasteiger partial charge in [0.2, 0.25) is 0 Å². The molecule has 0 aliphatic heterocycles. The molecule has 0 atom stereocenters. The third kappa shape index (κ3) is 2.77. The summed E-state index contributed by atoms with van der Waals surface area (Å²) in [5.41, 5.74) is 8.93. The van der Waals surface area contributed by atoms with Crippen molar-refractivity contribution in [1.29, 1.82) is 0 Å². The highest BCUT2D eigenvalue weighted by Crippen LogP contribution is 2.26. The second-order valence-electron chi connectivity index (χ2n) is 6.59. The van der Waals surface area contributed by atoms with Gasteiger partial charge in [-0.05, 0) is 72.6 Å². The molecule has 2 N–H and O–H groups in total. The first-order chi connectivity index (χ1) is 11.2. The second-order valence-corrected chi connectivity index (χ2v) is 6.59. The van der Waals surface area contributed by atoms with Gasteiger partial charge >= 0.3 is 0 Å². The van der Waals surface area contributed by atoms with Crippen molar-refractivity contribution in [3.05, 3.63) is 64.0 Å². The Bertz CT molecular complexity index is 822. The number of aromatic amines is 1. The Morgan fingerprint density at radius 3 is 2.74 bits per heavy atom. The van der Waals surface area contributed by atoms with Crippen molar-refractivity contribution in [3.8, 4) is 0 Å². The summed E-state index contributed by atoms with van der Waals surface area (Å²) in [6.45, 7) is 2.31. The summed E-state index contributed by atoms with van der Waals surface area (Å²) in [6, 6.07) is 11.0. The fourth-order valence-corrected chi connectivity index (χ4v) is 3.68. The highest BCUT2D eigenvalue weighted by molar-refractivity contribution is 5.77. The number of nitrogens with one attached hydrogen (secondary N) is 1. The minimum Gasteiger partial charge on any atom is -0.396 e. The molecule has 0 amide bonds. The van der Waals surface area contributed by atoms with E-state index < -0.39 is 0 Å². The van der Waals surface area contributed by atoms with Gasteiger partial charge in [0, 0.05) is 13.0 Å². The molecule has 1 aromatic heterocycles. The lowest BCUT2D eigenvalue weighted by Crippen LogP contribution is -1.97. The molecule has 3 aromatic rings. The minimum atomic E-state index is 0.203. The summed E-state index contributed by atoms with van der Waals surface area (Å²) in [6.07, 6.45) is 5.21. The number of imidazole rings is 1. The molecule has 23 heavy (non-hydrogen) atoms. The average Bonchev–Trinajstić information content (AvgIpc) is 3.12. The van der Waals surface area contributed by atoms with Crippen LogP contribution in [-0.4, -0.2) is 21.7 Å². The van der Waals surface area contributed by atoms with Gasteiger partial charge in [-0.1, -0.05) is 18.2 Å². The number of aliphatic hydroxyl groups is 1. The standard InChI is InChI=1S/C20H22N2O/c1-13-9-14(5-6-15(13)7-8-23)10-20-21-18-11-16-3-2-4-17(16)12-19(18)22-20/h5-6,9,11-12,23H,2-4,7-8,10H2,1H3,(H,21,22). The molecule has 3 nitrogen and oxygen atoms in total. The van der Waals surface area contributed by atoms with Crippen LogP contribution in [0.25, 0.3) is 11.0 Å². The summed E-state index contributed by atoms with van der Waals surface area (Å²) in [5, 5.41) is 9.08. The molecule has 2 aromatic carbocycles. The van der Waals surface area contributed by atoms with E-state index in [2.05, 4.69) is 42.2 Å².